The molecule has 3 N–H and O–H groups in total. The highest BCUT2D eigenvalue weighted by atomic mass is 16.2. The number of hydrazone groups is 1. The standard InChI is InChI=1S/C19H20N6O2/c1-13(15-7-9-20-10-8-15)22-24-18(26)12-16-19(27)25-23-17(21-16)11-14-5-3-2-4-6-14/h2-10,16H,11-12H2,1H3,(H,21,23)(H,24,26)(H,25,27)/b22-13+/t16-/m0/s1. The van der Waals surface area contributed by atoms with Crippen LogP contribution >= 0.6 is 0 Å². The number of pyridine rings is 1. The lowest BCUT2D eigenvalue weighted by Crippen LogP contribution is -2.52. The van der Waals surface area contributed by atoms with Crippen LogP contribution in [0.4, 0.5) is 0 Å². The average Bonchev–Trinajstić information content (AvgIpc) is 2.70. The number of hydrazine groups is 1. The SMILES string of the molecule is C/C(=N\NC(=O)C[C@@H]1N=C(Cc2ccccc2)NNC1=O)c1ccncc1. The van der Waals surface area contributed by atoms with E-state index in [2.05, 4.69) is 31.4 Å². The summed E-state index contributed by atoms with van der Waals surface area (Å²) in [4.78, 5) is 32.4. The van der Waals surface area contributed by atoms with Crippen molar-refractivity contribution in [1.29, 1.82) is 0 Å². The predicted octanol–water partition coefficient (Wildman–Crippen LogP) is 0.956. The van der Waals surface area contributed by atoms with Crippen LogP contribution < -0.4 is 16.3 Å². The molecule has 2 aromatic rings. The first kappa shape index (κ1) is 18.2. The first-order valence-electron chi connectivity index (χ1n) is 8.52. The molecule has 0 saturated heterocycles. The highest BCUT2D eigenvalue weighted by Gasteiger charge is 2.25. The van der Waals surface area contributed by atoms with Gasteiger partial charge in [-0.15, -0.1) is 0 Å². The topological polar surface area (TPSA) is 108 Å². The number of amidine groups is 1. The number of hydrogen-bond donors (Lipinski definition) is 3. The number of aromatic nitrogens is 1. The third-order valence-electron chi connectivity index (χ3n) is 3.98. The smallest absolute Gasteiger partial charge is 0.263 e. The van der Waals surface area contributed by atoms with E-state index in [1.54, 1.807) is 31.5 Å². The molecule has 1 aliphatic heterocycles. The van der Waals surface area contributed by atoms with Crippen molar-refractivity contribution < 1.29 is 9.59 Å². The highest BCUT2D eigenvalue weighted by Crippen LogP contribution is 2.07. The van der Waals surface area contributed by atoms with Crippen molar-refractivity contribution in [3.8, 4) is 0 Å². The van der Waals surface area contributed by atoms with Gasteiger partial charge in [-0.3, -0.25) is 30.4 Å². The summed E-state index contributed by atoms with van der Waals surface area (Å²) in [6, 6.07) is 12.6. The molecule has 0 saturated carbocycles. The molecule has 3 rings (SSSR count). The van der Waals surface area contributed by atoms with Gasteiger partial charge in [0.2, 0.25) is 5.91 Å². The second kappa shape index (κ2) is 8.70. The van der Waals surface area contributed by atoms with Crippen molar-refractivity contribution in [2.24, 2.45) is 10.1 Å². The summed E-state index contributed by atoms with van der Waals surface area (Å²) >= 11 is 0. The minimum absolute atomic E-state index is 0.0844. The van der Waals surface area contributed by atoms with E-state index < -0.39 is 6.04 Å². The molecule has 0 unspecified atom stereocenters. The molecular weight excluding hydrogens is 344 g/mol. The molecule has 0 spiro atoms. The van der Waals surface area contributed by atoms with Gasteiger partial charge in [-0.2, -0.15) is 5.10 Å². The van der Waals surface area contributed by atoms with Gasteiger partial charge in [-0.05, 0) is 24.6 Å². The maximum absolute atomic E-state index is 12.2. The van der Waals surface area contributed by atoms with Crippen LogP contribution in [0.2, 0.25) is 0 Å². The normalized spacial score (nSPS) is 16.8. The van der Waals surface area contributed by atoms with Gasteiger partial charge >= 0.3 is 0 Å². The van der Waals surface area contributed by atoms with Crippen LogP contribution in [0.5, 0.6) is 0 Å². The molecule has 2 heterocycles. The van der Waals surface area contributed by atoms with Crippen LogP contribution in [0.25, 0.3) is 0 Å². The summed E-state index contributed by atoms with van der Waals surface area (Å²) in [5.41, 5.74) is 10.4. The third kappa shape index (κ3) is 5.21. The summed E-state index contributed by atoms with van der Waals surface area (Å²) in [7, 11) is 0. The molecule has 1 atom stereocenters. The second-order valence-corrected chi connectivity index (χ2v) is 6.04. The van der Waals surface area contributed by atoms with Crippen LogP contribution in [0.1, 0.15) is 24.5 Å². The van der Waals surface area contributed by atoms with Crippen molar-refractivity contribution in [2.75, 3.05) is 0 Å². The Balaban J connectivity index is 1.60. The Morgan fingerprint density at radius 2 is 1.89 bits per heavy atom. The molecule has 2 amide bonds. The minimum Gasteiger partial charge on any atom is -0.285 e. The fourth-order valence-electron chi connectivity index (χ4n) is 2.54. The van der Waals surface area contributed by atoms with Gasteiger partial charge in [0.1, 0.15) is 11.9 Å². The van der Waals surface area contributed by atoms with Gasteiger partial charge in [0.25, 0.3) is 5.91 Å². The first-order chi connectivity index (χ1) is 13.1. The molecule has 0 fully saturated rings. The van der Waals surface area contributed by atoms with Crippen LogP contribution in [0, 0.1) is 0 Å². The quantitative estimate of drug-likeness (QED) is 0.524. The molecule has 1 aromatic carbocycles. The fraction of sp³-hybridized carbons (Fsp3) is 0.211. The van der Waals surface area contributed by atoms with E-state index >= 15 is 0 Å². The maximum atomic E-state index is 12.2. The molecule has 138 valence electrons. The van der Waals surface area contributed by atoms with Crippen LogP contribution in [0.3, 0.4) is 0 Å². The summed E-state index contributed by atoms with van der Waals surface area (Å²) in [5, 5.41) is 4.07. The van der Waals surface area contributed by atoms with Crippen LogP contribution in [-0.2, 0) is 16.0 Å². The first-order valence-corrected chi connectivity index (χ1v) is 8.52. The van der Waals surface area contributed by atoms with Crippen molar-refractivity contribution in [2.45, 2.75) is 25.8 Å². The lowest BCUT2D eigenvalue weighted by Gasteiger charge is -2.21. The zero-order chi connectivity index (χ0) is 19.1. The largest absolute Gasteiger partial charge is 0.285 e. The van der Waals surface area contributed by atoms with Crippen LogP contribution in [-0.4, -0.2) is 34.4 Å². The van der Waals surface area contributed by atoms with Crippen LogP contribution in [0.15, 0.2) is 65.0 Å². The highest BCUT2D eigenvalue weighted by molar-refractivity contribution is 6.00. The molecule has 1 aliphatic rings. The molecule has 0 aliphatic carbocycles. The third-order valence-corrected chi connectivity index (χ3v) is 3.98. The fourth-order valence-corrected chi connectivity index (χ4v) is 2.54. The Morgan fingerprint density at radius 1 is 1.15 bits per heavy atom. The number of carbonyl (C=O) groups is 2. The zero-order valence-electron chi connectivity index (χ0n) is 14.8. The molecular formula is C19H20N6O2. The maximum Gasteiger partial charge on any atom is 0.263 e. The summed E-state index contributed by atoms with van der Waals surface area (Å²) in [6.45, 7) is 1.78. The Labute approximate surface area is 156 Å². The number of carbonyl (C=O) groups excluding carboxylic acids is 2. The average molecular weight is 364 g/mol. The Hall–Kier alpha value is -3.55. The second-order valence-electron chi connectivity index (χ2n) is 6.04. The number of rotatable bonds is 6. The molecule has 8 heteroatoms. The van der Waals surface area contributed by atoms with Gasteiger partial charge < -0.3 is 0 Å². The summed E-state index contributed by atoms with van der Waals surface area (Å²) in [5.74, 6) is -0.125. The Kier molecular flexibility index (Phi) is 5.88. The lowest BCUT2D eigenvalue weighted by atomic mass is 10.1. The van der Waals surface area contributed by atoms with Crippen molar-refractivity contribution in [1.82, 2.24) is 21.3 Å². The molecule has 8 nitrogen and oxygen atoms in total. The summed E-state index contributed by atoms with van der Waals surface area (Å²) < 4.78 is 0. The molecule has 1 aromatic heterocycles. The van der Waals surface area contributed by atoms with Gasteiger partial charge in [-0.25, -0.2) is 5.43 Å². The van der Waals surface area contributed by atoms with E-state index in [-0.39, 0.29) is 18.2 Å². The van der Waals surface area contributed by atoms with E-state index in [1.807, 2.05) is 30.3 Å². The number of aliphatic imine (C=N–C) groups is 1. The van der Waals surface area contributed by atoms with Gasteiger partial charge in [0.15, 0.2) is 0 Å². The van der Waals surface area contributed by atoms with E-state index in [9.17, 15) is 9.59 Å². The van der Waals surface area contributed by atoms with E-state index in [1.165, 1.54) is 0 Å². The van der Waals surface area contributed by atoms with Gasteiger partial charge in [-0.1, -0.05) is 30.3 Å². The Bertz CT molecular complexity index is 864. The molecule has 0 radical (unpaired) electrons. The number of amides is 2. The molecule has 27 heavy (non-hydrogen) atoms. The Morgan fingerprint density at radius 3 is 2.63 bits per heavy atom. The van der Waals surface area contributed by atoms with Crippen molar-refractivity contribution in [3.05, 3.63) is 66.0 Å². The van der Waals surface area contributed by atoms with Crippen molar-refractivity contribution in [3.63, 3.8) is 0 Å². The van der Waals surface area contributed by atoms with E-state index in [0.29, 0.717) is 18.0 Å². The van der Waals surface area contributed by atoms with Crippen molar-refractivity contribution >= 4 is 23.4 Å². The van der Waals surface area contributed by atoms with Gasteiger partial charge in [0, 0.05) is 24.4 Å². The van der Waals surface area contributed by atoms with E-state index in [0.717, 1.165) is 11.1 Å². The number of benzene rings is 1. The number of nitrogens with one attached hydrogen (secondary N) is 3. The predicted molar refractivity (Wildman–Crippen MR) is 102 cm³/mol. The van der Waals surface area contributed by atoms with Gasteiger partial charge in [0.05, 0.1) is 12.1 Å². The monoisotopic (exact) mass is 364 g/mol. The number of hydrogen-bond acceptors (Lipinski definition) is 6. The minimum atomic E-state index is -0.790. The zero-order valence-corrected chi connectivity index (χ0v) is 14.8. The summed E-state index contributed by atoms with van der Waals surface area (Å²) in [6.07, 6.45) is 3.76. The van der Waals surface area contributed by atoms with E-state index in [4.69, 9.17) is 0 Å². The number of nitrogens with zero attached hydrogens (tertiary/aromatic N) is 3. The lowest BCUT2D eigenvalue weighted by molar-refractivity contribution is -0.128. The molecule has 0 bridgehead atoms.